The number of rotatable bonds is 6. The molecule has 5 heteroatoms. The summed E-state index contributed by atoms with van der Waals surface area (Å²) in [6, 6.07) is 7.25. The molecule has 0 aromatic heterocycles. The molecule has 0 aliphatic heterocycles. The van der Waals surface area contributed by atoms with Crippen LogP contribution < -0.4 is 14.8 Å². The molecule has 1 amide bonds. The van der Waals surface area contributed by atoms with Gasteiger partial charge in [0.1, 0.15) is 0 Å². The Morgan fingerprint density at radius 3 is 2.57 bits per heavy atom. The fourth-order valence-corrected chi connectivity index (χ4v) is 2.54. The van der Waals surface area contributed by atoms with Crippen molar-refractivity contribution in [1.82, 2.24) is 5.32 Å². The van der Waals surface area contributed by atoms with E-state index in [1.54, 1.807) is 19.2 Å². The average Bonchev–Trinajstić information content (AvgIpc) is 2.52. The van der Waals surface area contributed by atoms with Gasteiger partial charge in [0.2, 0.25) is 0 Å². The second-order valence-corrected chi connectivity index (χ2v) is 5.42. The molecule has 0 radical (unpaired) electrons. The van der Waals surface area contributed by atoms with E-state index in [0.29, 0.717) is 24.0 Å². The van der Waals surface area contributed by atoms with Crippen LogP contribution in [0.1, 0.15) is 25.7 Å². The van der Waals surface area contributed by atoms with Crippen LogP contribution >= 0.6 is 0 Å². The van der Waals surface area contributed by atoms with Crippen molar-refractivity contribution in [3.63, 3.8) is 0 Å². The van der Waals surface area contributed by atoms with Gasteiger partial charge >= 0.3 is 0 Å². The predicted molar refractivity (Wildman–Crippen MR) is 79.5 cm³/mol. The van der Waals surface area contributed by atoms with E-state index in [2.05, 4.69) is 5.32 Å². The van der Waals surface area contributed by atoms with Crippen LogP contribution in [0.15, 0.2) is 24.3 Å². The lowest BCUT2D eigenvalue weighted by atomic mass is 9.87. The smallest absolute Gasteiger partial charge is 0.257 e. The molecule has 21 heavy (non-hydrogen) atoms. The number of amides is 1. The SMILES string of the molecule is COc1ccccc1OCC(=O)NCC1CCC(O)CC1. The molecule has 0 spiro atoms. The second kappa shape index (κ2) is 7.88. The van der Waals surface area contributed by atoms with E-state index in [4.69, 9.17) is 9.47 Å². The van der Waals surface area contributed by atoms with Crippen LogP contribution in [0.4, 0.5) is 0 Å². The number of carbonyl (C=O) groups is 1. The van der Waals surface area contributed by atoms with Crippen LogP contribution in [0.3, 0.4) is 0 Å². The molecule has 0 heterocycles. The van der Waals surface area contributed by atoms with Gasteiger partial charge in [0.15, 0.2) is 18.1 Å². The quantitative estimate of drug-likeness (QED) is 0.838. The molecule has 1 aliphatic rings. The summed E-state index contributed by atoms with van der Waals surface area (Å²) in [5, 5.41) is 12.3. The summed E-state index contributed by atoms with van der Waals surface area (Å²) in [5.74, 6) is 1.51. The zero-order chi connectivity index (χ0) is 15.1. The van der Waals surface area contributed by atoms with E-state index in [0.717, 1.165) is 25.7 Å². The standard InChI is InChI=1S/C16H23NO4/c1-20-14-4-2-3-5-15(14)21-11-16(19)17-10-12-6-8-13(18)9-7-12/h2-5,12-13,18H,6-11H2,1H3,(H,17,19). The van der Waals surface area contributed by atoms with E-state index < -0.39 is 0 Å². The van der Waals surface area contributed by atoms with Crippen LogP contribution in [-0.4, -0.2) is 37.4 Å². The molecule has 2 N–H and O–H groups in total. The first-order valence-electron chi connectivity index (χ1n) is 7.39. The lowest BCUT2D eigenvalue weighted by molar-refractivity contribution is -0.123. The minimum absolute atomic E-state index is 0.0181. The van der Waals surface area contributed by atoms with Crippen molar-refractivity contribution >= 4 is 5.91 Å². The number of nitrogens with one attached hydrogen (secondary N) is 1. The summed E-state index contributed by atoms with van der Waals surface area (Å²) < 4.78 is 10.6. The number of benzene rings is 1. The lowest BCUT2D eigenvalue weighted by Gasteiger charge is -2.25. The first kappa shape index (κ1) is 15.6. The molecule has 0 saturated heterocycles. The molecule has 5 nitrogen and oxygen atoms in total. The van der Waals surface area contributed by atoms with E-state index >= 15 is 0 Å². The molecule has 1 aliphatic carbocycles. The number of carbonyl (C=O) groups excluding carboxylic acids is 1. The normalized spacial score (nSPS) is 21.6. The van der Waals surface area contributed by atoms with Gasteiger partial charge in [-0.05, 0) is 43.7 Å². The molecule has 0 atom stereocenters. The number of hydrogen-bond donors (Lipinski definition) is 2. The Balaban J connectivity index is 1.70. The van der Waals surface area contributed by atoms with E-state index in [-0.39, 0.29) is 18.6 Å². The Morgan fingerprint density at radius 2 is 1.90 bits per heavy atom. The number of aliphatic hydroxyl groups excluding tert-OH is 1. The van der Waals surface area contributed by atoms with Gasteiger partial charge in [0.25, 0.3) is 5.91 Å². The van der Waals surface area contributed by atoms with Crippen molar-refractivity contribution in [3.8, 4) is 11.5 Å². The van der Waals surface area contributed by atoms with Crippen molar-refractivity contribution in [2.24, 2.45) is 5.92 Å². The van der Waals surface area contributed by atoms with Crippen LogP contribution in [0, 0.1) is 5.92 Å². The van der Waals surface area contributed by atoms with Crippen molar-refractivity contribution in [2.75, 3.05) is 20.3 Å². The lowest BCUT2D eigenvalue weighted by Crippen LogP contribution is -2.35. The first-order chi connectivity index (χ1) is 10.2. The minimum Gasteiger partial charge on any atom is -0.493 e. The summed E-state index contributed by atoms with van der Waals surface area (Å²) in [6.45, 7) is 0.635. The van der Waals surface area contributed by atoms with Gasteiger partial charge < -0.3 is 19.9 Å². The fourth-order valence-electron chi connectivity index (χ4n) is 2.54. The van der Waals surface area contributed by atoms with Gasteiger partial charge in [-0.15, -0.1) is 0 Å². The molecule has 116 valence electrons. The maximum atomic E-state index is 11.8. The third-order valence-electron chi connectivity index (χ3n) is 3.83. The molecule has 1 aromatic carbocycles. The Morgan fingerprint density at radius 1 is 1.24 bits per heavy atom. The number of hydrogen-bond acceptors (Lipinski definition) is 4. The molecule has 2 rings (SSSR count). The molecular formula is C16H23NO4. The first-order valence-corrected chi connectivity index (χ1v) is 7.39. The van der Waals surface area contributed by atoms with E-state index in [9.17, 15) is 9.90 Å². The van der Waals surface area contributed by atoms with Gasteiger partial charge in [-0.3, -0.25) is 4.79 Å². The van der Waals surface area contributed by atoms with Crippen LogP contribution in [0.2, 0.25) is 0 Å². The maximum absolute atomic E-state index is 11.8. The van der Waals surface area contributed by atoms with Crippen molar-refractivity contribution < 1.29 is 19.4 Å². The van der Waals surface area contributed by atoms with E-state index in [1.807, 2.05) is 12.1 Å². The van der Waals surface area contributed by atoms with Gasteiger partial charge in [0, 0.05) is 6.54 Å². The van der Waals surface area contributed by atoms with Gasteiger partial charge in [-0.2, -0.15) is 0 Å². The van der Waals surface area contributed by atoms with Crippen LogP contribution in [0.25, 0.3) is 0 Å². The maximum Gasteiger partial charge on any atom is 0.257 e. The predicted octanol–water partition coefficient (Wildman–Crippen LogP) is 1.74. The minimum atomic E-state index is -0.161. The molecule has 0 unspecified atom stereocenters. The highest BCUT2D eigenvalue weighted by Gasteiger charge is 2.19. The monoisotopic (exact) mass is 293 g/mol. The Kier molecular flexibility index (Phi) is 5.87. The van der Waals surface area contributed by atoms with Crippen molar-refractivity contribution in [2.45, 2.75) is 31.8 Å². The summed E-state index contributed by atoms with van der Waals surface area (Å²) in [5.41, 5.74) is 0. The van der Waals surface area contributed by atoms with E-state index in [1.165, 1.54) is 0 Å². The topological polar surface area (TPSA) is 67.8 Å². The van der Waals surface area contributed by atoms with Gasteiger partial charge in [-0.1, -0.05) is 12.1 Å². The zero-order valence-corrected chi connectivity index (χ0v) is 12.4. The number of methoxy groups -OCH3 is 1. The van der Waals surface area contributed by atoms with Crippen molar-refractivity contribution in [3.05, 3.63) is 24.3 Å². The van der Waals surface area contributed by atoms with Crippen LogP contribution in [0.5, 0.6) is 11.5 Å². The number of para-hydroxylation sites is 2. The largest absolute Gasteiger partial charge is 0.493 e. The second-order valence-electron chi connectivity index (χ2n) is 5.42. The Hall–Kier alpha value is -1.75. The number of ether oxygens (including phenoxy) is 2. The third-order valence-corrected chi connectivity index (χ3v) is 3.83. The molecule has 1 saturated carbocycles. The molecule has 0 bridgehead atoms. The molecular weight excluding hydrogens is 270 g/mol. The highest BCUT2D eigenvalue weighted by molar-refractivity contribution is 5.77. The van der Waals surface area contributed by atoms with Gasteiger partial charge in [-0.25, -0.2) is 0 Å². The number of aliphatic hydroxyl groups is 1. The fraction of sp³-hybridized carbons (Fsp3) is 0.562. The van der Waals surface area contributed by atoms with Crippen molar-refractivity contribution in [1.29, 1.82) is 0 Å². The molecule has 1 fully saturated rings. The highest BCUT2D eigenvalue weighted by atomic mass is 16.5. The third kappa shape index (κ3) is 4.93. The molecule has 1 aromatic rings. The zero-order valence-electron chi connectivity index (χ0n) is 12.4. The Labute approximate surface area is 125 Å². The highest BCUT2D eigenvalue weighted by Crippen LogP contribution is 2.25. The summed E-state index contributed by atoms with van der Waals surface area (Å²) in [4.78, 5) is 11.8. The van der Waals surface area contributed by atoms with Crippen LogP contribution in [-0.2, 0) is 4.79 Å². The average molecular weight is 293 g/mol. The Bertz CT molecular complexity index is 455. The summed E-state index contributed by atoms with van der Waals surface area (Å²) in [6.07, 6.45) is 3.44. The van der Waals surface area contributed by atoms with Gasteiger partial charge in [0.05, 0.1) is 13.2 Å². The summed E-state index contributed by atoms with van der Waals surface area (Å²) in [7, 11) is 1.57. The summed E-state index contributed by atoms with van der Waals surface area (Å²) >= 11 is 0.